The van der Waals surface area contributed by atoms with Crippen molar-refractivity contribution in [1.82, 2.24) is 19.7 Å². The minimum absolute atomic E-state index is 0. The van der Waals surface area contributed by atoms with E-state index in [1.165, 1.54) is 36.2 Å². The van der Waals surface area contributed by atoms with Crippen LogP contribution in [0.25, 0.3) is 5.69 Å². The third-order valence-electron chi connectivity index (χ3n) is 6.63. The van der Waals surface area contributed by atoms with Crippen molar-refractivity contribution < 1.29 is 10.6 Å². The van der Waals surface area contributed by atoms with E-state index in [4.69, 9.17) is 4.74 Å². The summed E-state index contributed by atoms with van der Waals surface area (Å²) in [4.78, 5) is 9.41. The number of nitrogens with zero attached hydrogens (tertiary/aromatic N) is 5. The number of aromatic nitrogens is 3. The molecule has 8 heteroatoms. The second-order valence-electron chi connectivity index (χ2n) is 8.92. The number of nitrogens with one attached hydrogen (secondary N) is 1. The Morgan fingerprint density at radius 1 is 1.00 bits per heavy atom. The van der Waals surface area contributed by atoms with Crippen LogP contribution in [-0.2, 0) is 4.74 Å². The maximum Gasteiger partial charge on any atom is 0.246 e. The third-order valence-corrected chi connectivity index (χ3v) is 6.63. The molecule has 0 bridgehead atoms. The second-order valence-corrected chi connectivity index (χ2v) is 8.92. The van der Waals surface area contributed by atoms with Crippen molar-refractivity contribution in [1.29, 1.82) is 0 Å². The van der Waals surface area contributed by atoms with Gasteiger partial charge in [-0.1, -0.05) is 6.07 Å². The number of hydrogen-bond donors (Lipinski definition) is 1. The van der Waals surface area contributed by atoms with Gasteiger partial charge in [0.15, 0.2) is 0 Å². The lowest BCUT2D eigenvalue weighted by Crippen LogP contribution is -2.56. The largest absolute Gasteiger partial charge is 0.378 e. The van der Waals surface area contributed by atoms with Crippen molar-refractivity contribution in [3.05, 3.63) is 60.2 Å². The van der Waals surface area contributed by atoms with Gasteiger partial charge < -0.3 is 15.0 Å². The van der Waals surface area contributed by atoms with Crippen LogP contribution in [0.15, 0.2) is 48.8 Å². The van der Waals surface area contributed by atoms with E-state index in [0.717, 1.165) is 45.1 Å². The molecule has 3 aromatic rings. The van der Waals surface area contributed by atoms with Crippen molar-refractivity contribution >= 4 is 17.3 Å². The quantitative estimate of drug-likeness (QED) is 0.635. The highest BCUT2D eigenvalue weighted by molar-refractivity contribution is 5.65. The summed E-state index contributed by atoms with van der Waals surface area (Å²) in [5.74, 6) is 0.865. The summed E-state index contributed by atoms with van der Waals surface area (Å²) in [6.45, 7) is 5.95. The average Bonchev–Trinajstić information content (AvgIpc) is 3.52. The fourth-order valence-corrected chi connectivity index (χ4v) is 4.51. The molecular weight excluding hydrogens is 407 g/mol. The van der Waals surface area contributed by atoms with Gasteiger partial charge in [0.05, 0.1) is 24.9 Å². The lowest BCUT2D eigenvalue weighted by molar-refractivity contribution is -0.0660. The number of rotatable bonds is 6. The molecule has 2 aliphatic heterocycles. The van der Waals surface area contributed by atoms with Crippen LogP contribution in [0.1, 0.15) is 25.7 Å². The zero-order valence-electron chi connectivity index (χ0n) is 18.0. The minimum atomic E-state index is -0.292. The first kappa shape index (κ1) is 19.7. The fraction of sp³-hybridized carbons (Fsp3) is 0.417. The number of ether oxygens (including phenoxy) is 1. The molecule has 0 spiro atoms. The molecule has 2 aromatic carbocycles. The Morgan fingerprint density at radius 2 is 1.84 bits per heavy atom. The molecule has 3 heterocycles. The van der Waals surface area contributed by atoms with Gasteiger partial charge in [-0.3, -0.25) is 4.90 Å². The summed E-state index contributed by atoms with van der Waals surface area (Å²) in [5, 5.41) is 7.86. The van der Waals surface area contributed by atoms with Crippen molar-refractivity contribution in [2.45, 2.75) is 24.8 Å². The highest BCUT2D eigenvalue weighted by Crippen LogP contribution is 2.42. The van der Waals surface area contributed by atoms with Crippen LogP contribution < -0.4 is 10.2 Å². The van der Waals surface area contributed by atoms with Gasteiger partial charge in [0.2, 0.25) is 5.95 Å². The van der Waals surface area contributed by atoms with Gasteiger partial charge in [0, 0.05) is 39.0 Å². The average molecular weight is 437 g/mol. The Morgan fingerprint density at radius 3 is 2.56 bits per heavy atom. The SMILES string of the molecule is Fc1cccc(-n2cnc(Nc3cc(C4CC4)cc(N4CCN(C5COC5)CC4)c3)n2)c1.[HH]. The van der Waals surface area contributed by atoms with E-state index >= 15 is 0 Å². The van der Waals surface area contributed by atoms with E-state index in [9.17, 15) is 4.39 Å². The molecule has 0 unspecified atom stereocenters. The summed E-state index contributed by atoms with van der Waals surface area (Å²) < 4.78 is 20.5. The minimum Gasteiger partial charge on any atom is -0.378 e. The number of hydrogen-bond acceptors (Lipinski definition) is 6. The van der Waals surface area contributed by atoms with Gasteiger partial charge >= 0.3 is 0 Å². The predicted octanol–water partition coefficient (Wildman–Crippen LogP) is 3.79. The summed E-state index contributed by atoms with van der Waals surface area (Å²) in [7, 11) is 0. The molecule has 3 fully saturated rings. The van der Waals surface area contributed by atoms with E-state index in [0.29, 0.717) is 23.6 Å². The Bertz CT molecular complexity index is 1110. The lowest BCUT2D eigenvalue weighted by atomic mass is 10.1. The Balaban J connectivity index is 0.00000228. The van der Waals surface area contributed by atoms with Gasteiger partial charge in [-0.15, -0.1) is 5.10 Å². The summed E-state index contributed by atoms with van der Waals surface area (Å²) in [6.07, 6.45) is 4.11. The number of piperazine rings is 1. The Kier molecular flexibility index (Phi) is 5.04. The standard InChI is InChI=1S/C24H27FN6O.H2/c25-19-2-1-3-21(12-19)31-16-26-24(28-31)27-20-10-18(17-4-5-17)11-22(13-20)29-6-8-30(9-7-29)23-14-32-15-23;/h1-3,10-13,16-17,23H,4-9,14-15H2,(H,27,28);1H. The first-order valence-corrected chi connectivity index (χ1v) is 11.4. The molecule has 1 N–H and O–H groups in total. The van der Waals surface area contributed by atoms with E-state index in [2.05, 4.69) is 43.4 Å². The molecular formula is C24H29FN6O. The van der Waals surface area contributed by atoms with Crippen molar-refractivity contribution in [3.8, 4) is 5.69 Å². The highest BCUT2D eigenvalue weighted by Gasteiger charge is 2.30. The third kappa shape index (κ3) is 4.08. The van der Waals surface area contributed by atoms with E-state index in [1.807, 2.05) is 6.07 Å². The van der Waals surface area contributed by atoms with Gasteiger partial charge in [-0.25, -0.2) is 9.07 Å². The van der Waals surface area contributed by atoms with Gasteiger partial charge in [-0.05, 0) is 60.7 Å². The molecule has 1 aromatic heterocycles. The Hall–Kier alpha value is -2.97. The molecule has 6 rings (SSSR count). The molecule has 7 nitrogen and oxygen atoms in total. The van der Waals surface area contributed by atoms with Gasteiger partial charge in [0.25, 0.3) is 0 Å². The van der Waals surface area contributed by atoms with Crippen LogP contribution in [0, 0.1) is 5.82 Å². The smallest absolute Gasteiger partial charge is 0.246 e. The predicted molar refractivity (Wildman–Crippen MR) is 124 cm³/mol. The molecule has 2 saturated heterocycles. The zero-order valence-corrected chi connectivity index (χ0v) is 18.0. The maximum absolute atomic E-state index is 13.6. The first-order chi connectivity index (χ1) is 15.7. The molecule has 0 radical (unpaired) electrons. The molecule has 1 aliphatic carbocycles. The molecule has 3 aliphatic rings. The summed E-state index contributed by atoms with van der Waals surface area (Å²) in [5.41, 5.74) is 4.28. The van der Waals surface area contributed by atoms with Gasteiger partial charge in [-0.2, -0.15) is 4.98 Å². The first-order valence-electron chi connectivity index (χ1n) is 11.4. The van der Waals surface area contributed by atoms with E-state index in [-0.39, 0.29) is 7.24 Å². The molecule has 0 amide bonds. The lowest BCUT2D eigenvalue weighted by Gasteiger charge is -2.43. The number of anilines is 3. The number of halogens is 1. The van der Waals surface area contributed by atoms with Crippen LogP contribution in [-0.4, -0.2) is 65.1 Å². The van der Waals surface area contributed by atoms with E-state index < -0.39 is 0 Å². The zero-order chi connectivity index (χ0) is 21.5. The van der Waals surface area contributed by atoms with Crippen LogP contribution in [0.2, 0.25) is 0 Å². The Labute approximate surface area is 188 Å². The summed E-state index contributed by atoms with van der Waals surface area (Å²) >= 11 is 0. The molecule has 32 heavy (non-hydrogen) atoms. The van der Waals surface area contributed by atoms with Crippen LogP contribution in [0.3, 0.4) is 0 Å². The van der Waals surface area contributed by atoms with Gasteiger partial charge in [0.1, 0.15) is 12.1 Å². The van der Waals surface area contributed by atoms with Crippen molar-refractivity contribution in [2.75, 3.05) is 49.6 Å². The highest BCUT2D eigenvalue weighted by atomic mass is 19.1. The topological polar surface area (TPSA) is 58.5 Å². The van der Waals surface area contributed by atoms with Crippen molar-refractivity contribution in [2.24, 2.45) is 0 Å². The summed E-state index contributed by atoms with van der Waals surface area (Å²) in [6, 6.07) is 13.7. The van der Waals surface area contributed by atoms with Crippen LogP contribution in [0.4, 0.5) is 21.7 Å². The molecule has 0 atom stereocenters. The van der Waals surface area contributed by atoms with Crippen molar-refractivity contribution in [3.63, 3.8) is 0 Å². The number of benzene rings is 2. The normalized spacial score (nSPS) is 19.7. The van der Waals surface area contributed by atoms with Crippen LogP contribution >= 0.6 is 0 Å². The molecule has 1 saturated carbocycles. The molecule has 168 valence electrons. The van der Waals surface area contributed by atoms with E-state index in [1.54, 1.807) is 17.1 Å². The monoisotopic (exact) mass is 436 g/mol. The fourth-order valence-electron chi connectivity index (χ4n) is 4.51. The second kappa shape index (κ2) is 8.18. The maximum atomic E-state index is 13.6. The van der Waals surface area contributed by atoms with Crippen LogP contribution in [0.5, 0.6) is 0 Å².